The molecule has 0 saturated carbocycles. The maximum atomic E-state index is 11.8. The molecule has 9 heteroatoms. The Bertz CT molecular complexity index is 675. The summed E-state index contributed by atoms with van der Waals surface area (Å²) in [6.07, 6.45) is 1.56. The maximum absolute atomic E-state index is 11.8. The SMILES string of the molecule is O=C(Nc1ncc(Br)s1)Nc1ccc(Br)cc1C(=O)O. The molecular weight excluding hydrogens is 414 g/mol. The van der Waals surface area contributed by atoms with Crippen LogP contribution < -0.4 is 10.6 Å². The highest BCUT2D eigenvalue weighted by atomic mass is 79.9. The minimum Gasteiger partial charge on any atom is -0.478 e. The van der Waals surface area contributed by atoms with Crippen LogP contribution in [-0.4, -0.2) is 22.1 Å². The third kappa shape index (κ3) is 3.78. The van der Waals surface area contributed by atoms with Gasteiger partial charge in [0.2, 0.25) is 0 Å². The summed E-state index contributed by atoms with van der Waals surface area (Å²) in [5.74, 6) is -1.13. The van der Waals surface area contributed by atoms with E-state index in [4.69, 9.17) is 5.11 Å². The molecule has 0 atom stereocenters. The molecule has 2 aromatic rings. The van der Waals surface area contributed by atoms with Crippen LogP contribution in [0.25, 0.3) is 0 Å². The summed E-state index contributed by atoms with van der Waals surface area (Å²) in [6.45, 7) is 0. The number of hydrogen-bond donors (Lipinski definition) is 3. The summed E-state index contributed by atoms with van der Waals surface area (Å²) in [5, 5.41) is 14.5. The zero-order valence-corrected chi connectivity index (χ0v) is 13.7. The number of carboxylic acid groups (broad SMARTS) is 1. The van der Waals surface area contributed by atoms with E-state index in [1.165, 1.54) is 23.5 Å². The second kappa shape index (κ2) is 6.33. The van der Waals surface area contributed by atoms with E-state index in [1.807, 2.05) is 0 Å². The number of nitrogens with zero attached hydrogens (tertiary/aromatic N) is 1. The molecule has 6 nitrogen and oxygen atoms in total. The van der Waals surface area contributed by atoms with Crippen LogP contribution in [0.4, 0.5) is 15.6 Å². The number of aromatic nitrogens is 1. The third-order valence-corrected chi connectivity index (χ3v) is 4.04. The van der Waals surface area contributed by atoms with E-state index in [1.54, 1.807) is 12.3 Å². The van der Waals surface area contributed by atoms with Crippen molar-refractivity contribution in [3.8, 4) is 0 Å². The van der Waals surface area contributed by atoms with Gasteiger partial charge in [-0.2, -0.15) is 0 Å². The second-order valence-electron chi connectivity index (χ2n) is 3.54. The van der Waals surface area contributed by atoms with E-state index < -0.39 is 12.0 Å². The van der Waals surface area contributed by atoms with Gasteiger partial charge in [0.05, 0.1) is 21.2 Å². The number of anilines is 2. The summed E-state index contributed by atoms with van der Waals surface area (Å²) in [4.78, 5) is 26.8. The van der Waals surface area contributed by atoms with Crippen molar-refractivity contribution < 1.29 is 14.7 Å². The first-order valence-electron chi connectivity index (χ1n) is 5.18. The Hall–Kier alpha value is -1.45. The Labute approximate surface area is 134 Å². The number of carbonyl (C=O) groups excluding carboxylic acids is 1. The normalized spacial score (nSPS) is 10.1. The minimum absolute atomic E-state index is 0.00477. The number of nitrogens with one attached hydrogen (secondary N) is 2. The molecule has 1 aromatic carbocycles. The van der Waals surface area contributed by atoms with Crippen LogP contribution in [0.1, 0.15) is 10.4 Å². The lowest BCUT2D eigenvalue weighted by Gasteiger charge is -2.08. The fourth-order valence-corrected chi connectivity index (χ4v) is 2.83. The van der Waals surface area contributed by atoms with Gasteiger partial charge in [-0.3, -0.25) is 5.32 Å². The monoisotopic (exact) mass is 419 g/mol. The van der Waals surface area contributed by atoms with Crippen LogP contribution in [0.15, 0.2) is 32.7 Å². The molecule has 20 heavy (non-hydrogen) atoms. The van der Waals surface area contributed by atoms with Gasteiger partial charge in [0.1, 0.15) is 0 Å². The Morgan fingerprint density at radius 1 is 1.25 bits per heavy atom. The molecule has 0 fully saturated rings. The van der Waals surface area contributed by atoms with Crippen molar-refractivity contribution in [2.24, 2.45) is 0 Å². The number of rotatable bonds is 3. The lowest BCUT2D eigenvalue weighted by Crippen LogP contribution is -2.20. The van der Waals surface area contributed by atoms with E-state index in [0.717, 1.165) is 3.79 Å². The number of amides is 2. The molecule has 0 radical (unpaired) electrons. The van der Waals surface area contributed by atoms with Crippen molar-refractivity contribution >= 4 is 66.0 Å². The van der Waals surface area contributed by atoms with Gasteiger partial charge in [0, 0.05) is 4.47 Å². The van der Waals surface area contributed by atoms with Gasteiger partial charge >= 0.3 is 12.0 Å². The topological polar surface area (TPSA) is 91.3 Å². The molecule has 0 saturated heterocycles. The summed E-state index contributed by atoms with van der Waals surface area (Å²) < 4.78 is 1.40. The van der Waals surface area contributed by atoms with Crippen molar-refractivity contribution in [1.82, 2.24) is 4.98 Å². The van der Waals surface area contributed by atoms with Crippen molar-refractivity contribution in [3.05, 3.63) is 38.2 Å². The summed E-state index contributed by atoms with van der Waals surface area (Å²) in [6, 6.07) is 4.00. The Balaban J connectivity index is 2.13. The van der Waals surface area contributed by atoms with Gasteiger partial charge in [-0.1, -0.05) is 27.3 Å². The van der Waals surface area contributed by atoms with Gasteiger partial charge in [0.15, 0.2) is 5.13 Å². The van der Waals surface area contributed by atoms with Crippen LogP contribution in [-0.2, 0) is 0 Å². The highest BCUT2D eigenvalue weighted by Gasteiger charge is 2.13. The van der Waals surface area contributed by atoms with E-state index in [-0.39, 0.29) is 11.3 Å². The molecule has 0 aliphatic rings. The molecule has 2 rings (SSSR count). The molecule has 3 N–H and O–H groups in total. The van der Waals surface area contributed by atoms with E-state index >= 15 is 0 Å². The van der Waals surface area contributed by atoms with E-state index in [0.29, 0.717) is 9.60 Å². The highest BCUT2D eigenvalue weighted by molar-refractivity contribution is 9.11. The number of thiazole rings is 1. The van der Waals surface area contributed by atoms with Gasteiger partial charge in [-0.05, 0) is 34.1 Å². The zero-order valence-electron chi connectivity index (χ0n) is 9.68. The largest absolute Gasteiger partial charge is 0.478 e. The first-order chi connectivity index (χ1) is 9.45. The third-order valence-electron chi connectivity index (χ3n) is 2.16. The van der Waals surface area contributed by atoms with Crippen LogP contribution in [0.5, 0.6) is 0 Å². The van der Waals surface area contributed by atoms with Crippen LogP contribution in [0.3, 0.4) is 0 Å². The predicted octanol–water partition coefficient (Wildman–Crippen LogP) is 4.01. The highest BCUT2D eigenvalue weighted by Crippen LogP contribution is 2.24. The van der Waals surface area contributed by atoms with E-state index in [2.05, 4.69) is 47.5 Å². The molecule has 2 amide bonds. The fraction of sp³-hybridized carbons (Fsp3) is 0. The number of benzene rings is 1. The summed E-state index contributed by atoms with van der Waals surface area (Å²) in [5.41, 5.74) is 0.198. The lowest BCUT2D eigenvalue weighted by atomic mass is 10.2. The van der Waals surface area contributed by atoms with Crippen LogP contribution in [0, 0.1) is 0 Å². The number of carboxylic acids is 1. The average Bonchev–Trinajstić information content (AvgIpc) is 2.76. The van der Waals surface area contributed by atoms with Gasteiger partial charge in [-0.15, -0.1) is 0 Å². The Morgan fingerprint density at radius 2 is 2.00 bits per heavy atom. The molecule has 0 aliphatic carbocycles. The Morgan fingerprint density at radius 3 is 2.60 bits per heavy atom. The molecule has 0 spiro atoms. The molecular formula is C11H7Br2N3O3S. The molecule has 1 aromatic heterocycles. The number of hydrogen-bond acceptors (Lipinski definition) is 4. The first-order valence-corrected chi connectivity index (χ1v) is 7.58. The van der Waals surface area contributed by atoms with Gasteiger partial charge in [-0.25, -0.2) is 14.6 Å². The number of halogens is 2. The smallest absolute Gasteiger partial charge is 0.337 e. The first kappa shape index (κ1) is 14.9. The Kier molecular flexibility index (Phi) is 4.73. The number of urea groups is 1. The van der Waals surface area contributed by atoms with Crippen molar-refractivity contribution in [2.75, 3.05) is 10.6 Å². The molecule has 104 valence electrons. The van der Waals surface area contributed by atoms with Gasteiger partial charge in [0.25, 0.3) is 0 Å². The van der Waals surface area contributed by atoms with Crippen LogP contribution >= 0.6 is 43.2 Å². The number of aromatic carboxylic acids is 1. The minimum atomic E-state index is -1.13. The van der Waals surface area contributed by atoms with Crippen molar-refractivity contribution in [3.63, 3.8) is 0 Å². The maximum Gasteiger partial charge on any atom is 0.337 e. The molecule has 0 aliphatic heterocycles. The van der Waals surface area contributed by atoms with E-state index in [9.17, 15) is 9.59 Å². The fourth-order valence-electron chi connectivity index (χ4n) is 1.37. The van der Waals surface area contributed by atoms with Crippen molar-refractivity contribution in [2.45, 2.75) is 0 Å². The molecule has 0 bridgehead atoms. The van der Waals surface area contributed by atoms with Crippen molar-refractivity contribution in [1.29, 1.82) is 0 Å². The summed E-state index contributed by atoms with van der Waals surface area (Å²) in [7, 11) is 0. The number of carbonyl (C=O) groups is 2. The second-order valence-corrected chi connectivity index (χ2v) is 6.87. The quantitative estimate of drug-likeness (QED) is 0.699. The average molecular weight is 421 g/mol. The predicted molar refractivity (Wildman–Crippen MR) is 83.6 cm³/mol. The lowest BCUT2D eigenvalue weighted by molar-refractivity contribution is 0.0698. The summed E-state index contributed by atoms with van der Waals surface area (Å²) >= 11 is 7.66. The zero-order chi connectivity index (χ0) is 14.7. The standard InChI is InChI=1S/C11H7Br2N3O3S/c12-5-1-2-7(6(3-5)9(17)18)15-10(19)16-11-14-4-8(13)20-11/h1-4H,(H,17,18)(H2,14,15,16,19). The molecule has 0 unspecified atom stereocenters. The van der Waals surface area contributed by atoms with Gasteiger partial charge < -0.3 is 10.4 Å². The van der Waals surface area contributed by atoms with Crippen LogP contribution in [0.2, 0.25) is 0 Å². The molecule has 1 heterocycles.